The molecule has 0 bridgehead atoms. The lowest BCUT2D eigenvalue weighted by atomic mass is 9.76. The number of benzene rings is 2. The van der Waals surface area contributed by atoms with E-state index in [1.54, 1.807) is 0 Å². The lowest BCUT2D eigenvalue weighted by Gasteiger charge is -2.43. The topological polar surface area (TPSA) is 3.24 Å². The van der Waals surface area contributed by atoms with Crippen LogP contribution >= 0.6 is 0 Å². The molecular formula is C21H27N. The molecule has 0 saturated heterocycles. The van der Waals surface area contributed by atoms with E-state index in [0.717, 1.165) is 6.42 Å². The minimum atomic E-state index is 0.0204. The van der Waals surface area contributed by atoms with Crippen molar-refractivity contribution in [1.82, 2.24) is 4.90 Å². The zero-order valence-corrected chi connectivity index (χ0v) is 14.2. The Labute approximate surface area is 135 Å². The van der Waals surface area contributed by atoms with E-state index in [1.807, 2.05) is 0 Å². The lowest BCUT2D eigenvalue weighted by molar-refractivity contribution is 0.0955. The Bertz CT molecular complexity index is 574. The van der Waals surface area contributed by atoms with Gasteiger partial charge in [-0.1, -0.05) is 86.7 Å². The fraction of sp³-hybridized carbons (Fsp3) is 0.333. The Morgan fingerprint density at radius 3 is 1.95 bits per heavy atom. The summed E-state index contributed by atoms with van der Waals surface area (Å²) in [4.78, 5) is 2.36. The molecule has 1 unspecified atom stereocenters. The first-order chi connectivity index (χ1) is 10.6. The van der Waals surface area contributed by atoms with Crippen LogP contribution in [-0.4, -0.2) is 19.0 Å². The number of nitrogens with zero attached hydrogens (tertiary/aromatic N) is 1. The first-order valence-electron chi connectivity index (χ1n) is 8.02. The van der Waals surface area contributed by atoms with E-state index >= 15 is 0 Å². The average molecular weight is 293 g/mol. The smallest absolute Gasteiger partial charge is 0.0512 e. The highest BCUT2D eigenvalue weighted by molar-refractivity contribution is 5.49. The van der Waals surface area contributed by atoms with Gasteiger partial charge in [0.25, 0.3) is 0 Å². The first kappa shape index (κ1) is 16.5. The van der Waals surface area contributed by atoms with E-state index in [2.05, 4.69) is 106 Å². The summed E-state index contributed by atoms with van der Waals surface area (Å²) in [5.74, 6) is 0.519. The third-order valence-electron chi connectivity index (χ3n) is 4.57. The van der Waals surface area contributed by atoms with Crippen LogP contribution in [0.3, 0.4) is 0 Å². The molecule has 2 aromatic carbocycles. The molecule has 2 aromatic rings. The second kappa shape index (κ2) is 7.42. The summed E-state index contributed by atoms with van der Waals surface area (Å²) in [6.45, 7) is 4.62. The molecular weight excluding hydrogens is 266 g/mol. The maximum atomic E-state index is 2.36. The molecule has 0 heterocycles. The van der Waals surface area contributed by atoms with Gasteiger partial charge in [-0.3, -0.25) is 4.90 Å². The van der Waals surface area contributed by atoms with Crippen molar-refractivity contribution < 1.29 is 0 Å². The van der Waals surface area contributed by atoms with Crippen LogP contribution in [0.2, 0.25) is 0 Å². The Kier molecular flexibility index (Phi) is 5.57. The zero-order valence-electron chi connectivity index (χ0n) is 14.2. The number of rotatable bonds is 6. The van der Waals surface area contributed by atoms with Crippen LogP contribution < -0.4 is 0 Å². The summed E-state index contributed by atoms with van der Waals surface area (Å²) >= 11 is 0. The maximum Gasteiger partial charge on any atom is 0.0512 e. The van der Waals surface area contributed by atoms with Gasteiger partial charge in [0.05, 0.1) is 5.54 Å². The molecule has 0 N–H and O–H groups in total. The maximum absolute atomic E-state index is 2.36. The Hall–Kier alpha value is -1.86. The van der Waals surface area contributed by atoms with E-state index < -0.39 is 0 Å². The normalized spacial score (nSPS) is 14.6. The first-order valence-corrected chi connectivity index (χ1v) is 8.02. The van der Waals surface area contributed by atoms with Gasteiger partial charge in [-0.2, -0.15) is 0 Å². The quantitative estimate of drug-likeness (QED) is 0.707. The highest BCUT2D eigenvalue weighted by Crippen LogP contribution is 2.38. The molecule has 2 rings (SSSR count). The van der Waals surface area contributed by atoms with Crippen LogP contribution in [0.5, 0.6) is 0 Å². The molecule has 0 aromatic heterocycles. The predicted molar refractivity (Wildman–Crippen MR) is 96.7 cm³/mol. The molecule has 1 heteroatoms. The van der Waals surface area contributed by atoms with Crippen molar-refractivity contribution in [3.63, 3.8) is 0 Å². The largest absolute Gasteiger partial charge is 0.299 e. The van der Waals surface area contributed by atoms with Gasteiger partial charge < -0.3 is 0 Å². The van der Waals surface area contributed by atoms with Crippen molar-refractivity contribution in [2.24, 2.45) is 5.92 Å². The molecule has 0 amide bonds. The molecule has 0 radical (unpaired) electrons. The van der Waals surface area contributed by atoms with Crippen molar-refractivity contribution >= 4 is 6.08 Å². The molecule has 0 spiro atoms. The molecule has 1 nitrogen and oxygen atoms in total. The Morgan fingerprint density at radius 1 is 0.909 bits per heavy atom. The molecule has 0 aliphatic carbocycles. The summed E-state index contributed by atoms with van der Waals surface area (Å²) in [5.41, 5.74) is 2.66. The fourth-order valence-corrected chi connectivity index (χ4v) is 3.31. The zero-order chi connectivity index (χ0) is 16.0. The van der Waals surface area contributed by atoms with E-state index in [4.69, 9.17) is 0 Å². The highest BCUT2D eigenvalue weighted by Gasteiger charge is 2.36. The molecule has 0 fully saturated rings. The van der Waals surface area contributed by atoms with E-state index in [9.17, 15) is 0 Å². The van der Waals surface area contributed by atoms with Crippen LogP contribution in [0.15, 0.2) is 66.7 Å². The fourth-order valence-electron chi connectivity index (χ4n) is 3.31. The standard InChI is InChI=1S/C21H27N/c1-18(2)21(22(3)4,20-15-9-6-10-16-20)17-11-14-19-12-7-5-8-13-19/h5-16,18H,17H2,1-4H3/b14-11+. The van der Waals surface area contributed by atoms with Gasteiger partial charge in [-0.15, -0.1) is 0 Å². The number of hydrogen-bond donors (Lipinski definition) is 0. The minimum absolute atomic E-state index is 0.0204. The van der Waals surface area contributed by atoms with Gasteiger partial charge in [0.15, 0.2) is 0 Å². The number of hydrogen-bond acceptors (Lipinski definition) is 1. The lowest BCUT2D eigenvalue weighted by Crippen LogP contribution is -2.45. The summed E-state index contributed by atoms with van der Waals surface area (Å²) < 4.78 is 0. The SMILES string of the molecule is CC(C)C(C/C=C/c1ccccc1)(c1ccccc1)N(C)C. The van der Waals surface area contributed by atoms with Gasteiger partial charge in [0.1, 0.15) is 0 Å². The molecule has 116 valence electrons. The van der Waals surface area contributed by atoms with Crippen molar-refractivity contribution in [3.05, 3.63) is 77.9 Å². The van der Waals surface area contributed by atoms with Crippen LogP contribution in [0.25, 0.3) is 6.08 Å². The van der Waals surface area contributed by atoms with Gasteiger partial charge >= 0.3 is 0 Å². The van der Waals surface area contributed by atoms with Crippen LogP contribution in [0.4, 0.5) is 0 Å². The molecule has 22 heavy (non-hydrogen) atoms. The third-order valence-corrected chi connectivity index (χ3v) is 4.57. The summed E-state index contributed by atoms with van der Waals surface area (Å²) in [7, 11) is 4.37. The monoisotopic (exact) mass is 293 g/mol. The highest BCUT2D eigenvalue weighted by atomic mass is 15.1. The van der Waals surface area contributed by atoms with Crippen LogP contribution in [0.1, 0.15) is 31.4 Å². The average Bonchev–Trinajstić information content (AvgIpc) is 2.53. The Balaban J connectivity index is 2.31. The van der Waals surface area contributed by atoms with E-state index in [-0.39, 0.29) is 5.54 Å². The summed E-state index contributed by atoms with van der Waals surface area (Å²) in [5, 5.41) is 0. The van der Waals surface area contributed by atoms with Crippen LogP contribution in [-0.2, 0) is 5.54 Å². The minimum Gasteiger partial charge on any atom is -0.299 e. The second-order valence-electron chi connectivity index (χ2n) is 6.36. The van der Waals surface area contributed by atoms with Crippen molar-refractivity contribution in [2.45, 2.75) is 25.8 Å². The van der Waals surface area contributed by atoms with Gasteiger partial charge in [0.2, 0.25) is 0 Å². The van der Waals surface area contributed by atoms with E-state index in [1.165, 1.54) is 11.1 Å². The Morgan fingerprint density at radius 2 is 1.45 bits per heavy atom. The van der Waals surface area contributed by atoms with Crippen molar-refractivity contribution in [3.8, 4) is 0 Å². The molecule has 0 saturated carbocycles. The predicted octanol–water partition coefficient (Wildman–Crippen LogP) is 5.20. The van der Waals surface area contributed by atoms with Crippen LogP contribution in [0, 0.1) is 5.92 Å². The van der Waals surface area contributed by atoms with Gasteiger partial charge in [-0.25, -0.2) is 0 Å². The van der Waals surface area contributed by atoms with Crippen molar-refractivity contribution in [1.29, 1.82) is 0 Å². The third kappa shape index (κ3) is 3.48. The van der Waals surface area contributed by atoms with Gasteiger partial charge in [0, 0.05) is 0 Å². The second-order valence-corrected chi connectivity index (χ2v) is 6.36. The van der Waals surface area contributed by atoms with Gasteiger partial charge in [-0.05, 0) is 37.6 Å². The van der Waals surface area contributed by atoms with E-state index in [0.29, 0.717) is 5.92 Å². The molecule has 0 aliphatic rings. The molecule has 0 aliphatic heterocycles. The summed E-state index contributed by atoms with van der Waals surface area (Å²) in [6, 6.07) is 21.4. The summed E-state index contributed by atoms with van der Waals surface area (Å²) in [6.07, 6.45) is 5.53. The van der Waals surface area contributed by atoms with Crippen molar-refractivity contribution in [2.75, 3.05) is 14.1 Å². The molecule has 1 atom stereocenters.